The molecule has 0 radical (unpaired) electrons. The van der Waals surface area contributed by atoms with Crippen LogP contribution < -0.4 is 0 Å². The maximum absolute atomic E-state index is 12.5. The second-order valence-corrected chi connectivity index (χ2v) is 5.82. The molecular weight excluding hydrogens is 276 g/mol. The van der Waals surface area contributed by atoms with E-state index in [1.165, 1.54) is 10.3 Å². The van der Waals surface area contributed by atoms with Gasteiger partial charge in [0.2, 0.25) is 0 Å². The van der Waals surface area contributed by atoms with E-state index in [0.717, 1.165) is 16.5 Å². The van der Waals surface area contributed by atoms with E-state index in [2.05, 4.69) is 12.1 Å². The monoisotopic (exact) mass is 292 g/mol. The lowest BCUT2D eigenvalue weighted by Gasteiger charge is -2.07. The van der Waals surface area contributed by atoms with Crippen molar-refractivity contribution in [2.75, 3.05) is 6.26 Å². The normalized spacial score (nSPS) is 10.7. The zero-order valence-electron chi connectivity index (χ0n) is 11.9. The van der Waals surface area contributed by atoms with Crippen LogP contribution in [0.2, 0.25) is 0 Å². The molecule has 0 amide bonds. The molecule has 0 fully saturated rings. The van der Waals surface area contributed by atoms with Crippen molar-refractivity contribution in [3.05, 3.63) is 77.9 Å². The van der Waals surface area contributed by atoms with Crippen LogP contribution in [0.25, 0.3) is 10.8 Å². The average Bonchev–Trinajstić information content (AvgIpc) is 2.55. The van der Waals surface area contributed by atoms with Gasteiger partial charge in [0.05, 0.1) is 0 Å². The summed E-state index contributed by atoms with van der Waals surface area (Å²) >= 11 is 1.68. The Morgan fingerprint density at radius 1 is 0.905 bits per heavy atom. The molecule has 3 aromatic carbocycles. The fourth-order valence-corrected chi connectivity index (χ4v) is 3.10. The van der Waals surface area contributed by atoms with E-state index < -0.39 is 0 Å². The molecular formula is C19H16OS. The SMILES string of the molecule is CSc1ccccc1CC(=O)c1ccc2ccccc2c1. The minimum absolute atomic E-state index is 0.169. The fraction of sp³-hybridized carbons (Fsp3) is 0.105. The Balaban J connectivity index is 1.90. The van der Waals surface area contributed by atoms with E-state index in [9.17, 15) is 4.79 Å². The third kappa shape index (κ3) is 3.01. The van der Waals surface area contributed by atoms with Gasteiger partial charge in [-0.05, 0) is 34.7 Å². The number of thioether (sulfide) groups is 1. The van der Waals surface area contributed by atoms with Gasteiger partial charge in [-0.25, -0.2) is 0 Å². The van der Waals surface area contributed by atoms with Crippen LogP contribution in [0.15, 0.2) is 71.6 Å². The van der Waals surface area contributed by atoms with E-state index in [1.54, 1.807) is 11.8 Å². The highest BCUT2D eigenvalue weighted by atomic mass is 32.2. The number of benzene rings is 3. The van der Waals surface area contributed by atoms with Crippen LogP contribution in [0.1, 0.15) is 15.9 Å². The highest BCUT2D eigenvalue weighted by molar-refractivity contribution is 7.98. The quantitative estimate of drug-likeness (QED) is 0.498. The zero-order chi connectivity index (χ0) is 14.7. The molecule has 0 aliphatic carbocycles. The lowest BCUT2D eigenvalue weighted by Crippen LogP contribution is -2.04. The summed E-state index contributed by atoms with van der Waals surface area (Å²) < 4.78 is 0. The van der Waals surface area contributed by atoms with Crippen LogP contribution in [0.4, 0.5) is 0 Å². The van der Waals surface area contributed by atoms with Gasteiger partial charge in [-0.1, -0.05) is 54.6 Å². The zero-order valence-corrected chi connectivity index (χ0v) is 12.7. The molecule has 0 saturated carbocycles. The number of carbonyl (C=O) groups is 1. The third-order valence-electron chi connectivity index (χ3n) is 3.61. The second kappa shape index (κ2) is 6.15. The van der Waals surface area contributed by atoms with E-state index in [-0.39, 0.29) is 5.78 Å². The first-order valence-electron chi connectivity index (χ1n) is 6.92. The Hall–Kier alpha value is -2.06. The molecule has 21 heavy (non-hydrogen) atoms. The highest BCUT2D eigenvalue weighted by Gasteiger charge is 2.10. The number of Topliss-reactive ketones (excluding diaryl/α,β-unsaturated/α-hetero) is 1. The number of hydrogen-bond acceptors (Lipinski definition) is 2. The summed E-state index contributed by atoms with van der Waals surface area (Å²) in [5.41, 5.74) is 1.88. The van der Waals surface area contributed by atoms with Crippen molar-refractivity contribution in [1.29, 1.82) is 0 Å². The van der Waals surface area contributed by atoms with Crippen LogP contribution >= 0.6 is 11.8 Å². The molecule has 0 spiro atoms. The standard InChI is InChI=1S/C19H16OS/c1-21-19-9-5-4-8-17(19)13-18(20)16-11-10-14-6-2-3-7-15(14)12-16/h2-12H,13H2,1H3. The van der Waals surface area contributed by atoms with Gasteiger partial charge in [0, 0.05) is 16.9 Å². The van der Waals surface area contributed by atoms with Gasteiger partial charge in [-0.2, -0.15) is 0 Å². The van der Waals surface area contributed by atoms with Gasteiger partial charge in [0.1, 0.15) is 0 Å². The summed E-state index contributed by atoms with van der Waals surface area (Å²) in [4.78, 5) is 13.7. The molecule has 0 N–H and O–H groups in total. The predicted molar refractivity (Wildman–Crippen MR) is 90.2 cm³/mol. The first-order valence-corrected chi connectivity index (χ1v) is 8.14. The number of rotatable bonds is 4. The third-order valence-corrected chi connectivity index (χ3v) is 4.45. The van der Waals surface area contributed by atoms with Crippen LogP contribution in [-0.4, -0.2) is 12.0 Å². The van der Waals surface area contributed by atoms with Gasteiger partial charge in [-0.3, -0.25) is 4.79 Å². The van der Waals surface area contributed by atoms with Crippen molar-refractivity contribution in [3.63, 3.8) is 0 Å². The number of ketones is 1. The molecule has 3 rings (SSSR count). The Kier molecular flexibility index (Phi) is 4.07. The Labute approximate surface area is 129 Å². The van der Waals surface area contributed by atoms with Crippen LogP contribution in [-0.2, 0) is 6.42 Å². The molecule has 0 unspecified atom stereocenters. The number of hydrogen-bond donors (Lipinski definition) is 0. The Morgan fingerprint density at radius 3 is 2.43 bits per heavy atom. The van der Waals surface area contributed by atoms with Crippen molar-refractivity contribution in [3.8, 4) is 0 Å². The summed E-state index contributed by atoms with van der Waals surface area (Å²) in [7, 11) is 0. The minimum atomic E-state index is 0.169. The Bertz CT molecular complexity index is 792. The molecule has 1 nitrogen and oxygen atoms in total. The number of carbonyl (C=O) groups excluding carboxylic acids is 1. The van der Waals surface area contributed by atoms with Crippen molar-refractivity contribution >= 4 is 28.3 Å². The molecule has 0 heterocycles. The topological polar surface area (TPSA) is 17.1 Å². The smallest absolute Gasteiger partial charge is 0.167 e. The van der Waals surface area contributed by atoms with Gasteiger partial charge in [-0.15, -0.1) is 11.8 Å². The molecule has 2 heteroatoms. The van der Waals surface area contributed by atoms with Gasteiger partial charge >= 0.3 is 0 Å². The maximum Gasteiger partial charge on any atom is 0.167 e. The van der Waals surface area contributed by atoms with E-state index >= 15 is 0 Å². The highest BCUT2D eigenvalue weighted by Crippen LogP contribution is 2.22. The molecule has 0 atom stereocenters. The van der Waals surface area contributed by atoms with Crippen LogP contribution in [0, 0.1) is 0 Å². The van der Waals surface area contributed by atoms with Crippen LogP contribution in [0.5, 0.6) is 0 Å². The molecule has 104 valence electrons. The van der Waals surface area contributed by atoms with Crippen molar-refractivity contribution in [1.82, 2.24) is 0 Å². The van der Waals surface area contributed by atoms with Crippen molar-refractivity contribution in [2.45, 2.75) is 11.3 Å². The van der Waals surface area contributed by atoms with Gasteiger partial charge in [0.15, 0.2) is 5.78 Å². The summed E-state index contributed by atoms with van der Waals surface area (Å²) in [6, 6.07) is 22.1. The largest absolute Gasteiger partial charge is 0.294 e. The Morgan fingerprint density at radius 2 is 1.62 bits per heavy atom. The van der Waals surface area contributed by atoms with E-state index in [4.69, 9.17) is 0 Å². The molecule has 0 bridgehead atoms. The summed E-state index contributed by atoms with van der Waals surface area (Å²) in [6.07, 6.45) is 2.49. The molecule has 0 aromatic heterocycles. The average molecular weight is 292 g/mol. The van der Waals surface area contributed by atoms with E-state index in [1.807, 2.05) is 60.9 Å². The lowest BCUT2D eigenvalue weighted by molar-refractivity contribution is 0.0992. The fourth-order valence-electron chi connectivity index (χ4n) is 2.49. The molecule has 3 aromatic rings. The second-order valence-electron chi connectivity index (χ2n) is 4.97. The van der Waals surface area contributed by atoms with Crippen molar-refractivity contribution < 1.29 is 4.79 Å². The molecule has 0 aliphatic rings. The maximum atomic E-state index is 12.5. The molecule has 0 aliphatic heterocycles. The lowest BCUT2D eigenvalue weighted by atomic mass is 10.00. The predicted octanol–water partition coefficient (Wildman–Crippen LogP) is 4.99. The van der Waals surface area contributed by atoms with Gasteiger partial charge < -0.3 is 0 Å². The first-order chi connectivity index (χ1) is 10.3. The van der Waals surface area contributed by atoms with E-state index in [0.29, 0.717) is 6.42 Å². The van der Waals surface area contributed by atoms with Crippen LogP contribution in [0.3, 0.4) is 0 Å². The number of fused-ring (bicyclic) bond motifs is 1. The summed E-state index contributed by atoms with van der Waals surface area (Å²) in [5.74, 6) is 0.169. The van der Waals surface area contributed by atoms with Crippen molar-refractivity contribution in [2.24, 2.45) is 0 Å². The minimum Gasteiger partial charge on any atom is -0.294 e. The van der Waals surface area contributed by atoms with Gasteiger partial charge in [0.25, 0.3) is 0 Å². The molecule has 0 saturated heterocycles. The summed E-state index contributed by atoms with van der Waals surface area (Å²) in [5, 5.41) is 2.28. The summed E-state index contributed by atoms with van der Waals surface area (Å²) in [6.45, 7) is 0. The first kappa shape index (κ1) is 13.9.